The first-order valence-electron chi connectivity index (χ1n) is 7.75. The largest absolute Gasteiger partial charge is 0.469 e. The van der Waals surface area contributed by atoms with Gasteiger partial charge < -0.3 is 15.8 Å². The molecular weight excluding hydrogens is 264 g/mol. The van der Waals surface area contributed by atoms with Gasteiger partial charge in [0.25, 0.3) is 0 Å². The van der Waals surface area contributed by atoms with Gasteiger partial charge in [-0.3, -0.25) is 4.79 Å². The van der Waals surface area contributed by atoms with Crippen molar-refractivity contribution in [1.82, 2.24) is 5.32 Å². The predicted molar refractivity (Wildman–Crippen MR) is 84.2 cm³/mol. The Bertz CT molecular complexity index is 469. The first kappa shape index (κ1) is 15.7. The Morgan fingerprint density at radius 3 is 2.71 bits per heavy atom. The number of ether oxygens (including phenoxy) is 1. The first-order chi connectivity index (χ1) is 10.1. The predicted octanol–water partition coefficient (Wildman–Crippen LogP) is 2.63. The van der Waals surface area contributed by atoms with Crippen LogP contribution in [-0.2, 0) is 9.53 Å². The van der Waals surface area contributed by atoms with Crippen LogP contribution in [0.15, 0.2) is 35.2 Å². The van der Waals surface area contributed by atoms with Crippen LogP contribution in [0.25, 0.3) is 0 Å². The lowest BCUT2D eigenvalue weighted by atomic mass is 9.82. The number of nitrogens with two attached hydrogens (primary N) is 1. The maximum Gasteiger partial charge on any atom is 0.308 e. The van der Waals surface area contributed by atoms with Crippen LogP contribution in [-0.4, -0.2) is 19.6 Å². The van der Waals surface area contributed by atoms with E-state index in [-0.39, 0.29) is 11.9 Å². The van der Waals surface area contributed by atoms with Gasteiger partial charge in [0.05, 0.1) is 24.4 Å². The number of nitrogens with one attached hydrogen (secondary N) is 1. The van der Waals surface area contributed by atoms with E-state index in [4.69, 9.17) is 10.5 Å². The lowest BCUT2D eigenvalue weighted by Gasteiger charge is -2.27. The molecule has 0 unspecified atom stereocenters. The number of hydrogen-bond donors (Lipinski definition) is 2. The van der Waals surface area contributed by atoms with Crippen molar-refractivity contribution in [3.63, 3.8) is 0 Å². The third kappa shape index (κ3) is 4.38. The summed E-state index contributed by atoms with van der Waals surface area (Å²) in [5.41, 5.74) is 9.22. The van der Waals surface area contributed by atoms with Gasteiger partial charge in [-0.05, 0) is 51.0 Å². The van der Waals surface area contributed by atoms with Gasteiger partial charge in [0.1, 0.15) is 0 Å². The highest BCUT2D eigenvalue weighted by Gasteiger charge is 2.26. The number of carbonyl (C=O) groups is 1. The van der Waals surface area contributed by atoms with Crippen LogP contribution >= 0.6 is 0 Å². The van der Waals surface area contributed by atoms with E-state index in [2.05, 4.69) is 24.4 Å². The quantitative estimate of drug-likeness (QED) is 0.781. The number of hydrogen-bond acceptors (Lipinski definition) is 4. The summed E-state index contributed by atoms with van der Waals surface area (Å²) >= 11 is 0. The van der Waals surface area contributed by atoms with Crippen LogP contribution in [0.5, 0.6) is 0 Å². The van der Waals surface area contributed by atoms with Crippen LogP contribution in [0.4, 0.5) is 0 Å². The third-order valence-electron chi connectivity index (χ3n) is 4.45. The van der Waals surface area contributed by atoms with Gasteiger partial charge in [-0.1, -0.05) is 17.7 Å². The standard InChI is InChI=1S/C17H26N2O2/c1-12-3-9-15(18)16(10-4-12)19-11-13-5-7-14(8-6-13)17(20)21-2/h3,9-10,13-14,19H,4-8,11,18H2,1-2H3. The van der Waals surface area contributed by atoms with E-state index in [1.807, 2.05) is 6.08 Å². The summed E-state index contributed by atoms with van der Waals surface area (Å²) in [6.07, 6.45) is 11.1. The van der Waals surface area contributed by atoms with Crippen LogP contribution < -0.4 is 11.1 Å². The van der Waals surface area contributed by atoms with E-state index in [1.54, 1.807) is 0 Å². The molecule has 4 nitrogen and oxygen atoms in total. The second kappa shape index (κ2) is 7.34. The average molecular weight is 290 g/mol. The Hall–Kier alpha value is -1.71. The molecule has 1 fully saturated rings. The average Bonchev–Trinajstić information content (AvgIpc) is 2.67. The molecule has 0 radical (unpaired) electrons. The molecule has 2 aliphatic carbocycles. The van der Waals surface area contributed by atoms with Gasteiger partial charge >= 0.3 is 5.97 Å². The maximum absolute atomic E-state index is 11.5. The highest BCUT2D eigenvalue weighted by Crippen LogP contribution is 2.29. The molecule has 0 aliphatic heterocycles. The van der Waals surface area contributed by atoms with Crippen molar-refractivity contribution in [3.05, 3.63) is 35.2 Å². The maximum atomic E-state index is 11.5. The van der Waals surface area contributed by atoms with Crippen molar-refractivity contribution < 1.29 is 9.53 Å². The molecule has 21 heavy (non-hydrogen) atoms. The highest BCUT2D eigenvalue weighted by molar-refractivity contribution is 5.72. The first-order valence-corrected chi connectivity index (χ1v) is 7.75. The summed E-state index contributed by atoms with van der Waals surface area (Å²) in [6.45, 7) is 3.03. The minimum atomic E-state index is -0.0541. The molecular formula is C17H26N2O2. The number of allylic oxidation sites excluding steroid dienone is 4. The minimum Gasteiger partial charge on any atom is -0.469 e. The van der Waals surface area contributed by atoms with Crippen molar-refractivity contribution in [2.24, 2.45) is 17.6 Å². The van der Waals surface area contributed by atoms with Gasteiger partial charge in [0.2, 0.25) is 0 Å². The summed E-state index contributed by atoms with van der Waals surface area (Å²) in [7, 11) is 1.47. The van der Waals surface area contributed by atoms with Gasteiger partial charge in [0, 0.05) is 6.54 Å². The zero-order valence-electron chi connectivity index (χ0n) is 13.0. The lowest BCUT2D eigenvalue weighted by Crippen LogP contribution is -2.30. The van der Waals surface area contributed by atoms with Crippen molar-refractivity contribution >= 4 is 5.97 Å². The minimum absolute atomic E-state index is 0.0541. The molecule has 0 heterocycles. The van der Waals surface area contributed by atoms with Crippen molar-refractivity contribution in [1.29, 1.82) is 0 Å². The fraction of sp³-hybridized carbons (Fsp3) is 0.588. The second-order valence-corrected chi connectivity index (χ2v) is 6.08. The molecule has 1 saturated carbocycles. The molecule has 2 aliphatic rings. The third-order valence-corrected chi connectivity index (χ3v) is 4.45. The fourth-order valence-electron chi connectivity index (χ4n) is 2.97. The zero-order chi connectivity index (χ0) is 15.2. The summed E-state index contributed by atoms with van der Waals surface area (Å²) < 4.78 is 4.82. The Morgan fingerprint density at radius 1 is 1.33 bits per heavy atom. The van der Waals surface area contributed by atoms with Crippen molar-refractivity contribution in [2.45, 2.75) is 39.0 Å². The number of methoxy groups -OCH3 is 1. The van der Waals surface area contributed by atoms with Crippen LogP contribution in [0.1, 0.15) is 39.0 Å². The number of rotatable bonds is 4. The molecule has 0 aromatic rings. The van der Waals surface area contributed by atoms with Gasteiger partial charge in [0.15, 0.2) is 0 Å². The van der Waals surface area contributed by atoms with E-state index in [0.29, 0.717) is 5.92 Å². The summed E-state index contributed by atoms with van der Waals surface area (Å²) in [6, 6.07) is 0. The Morgan fingerprint density at radius 2 is 2.05 bits per heavy atom. The lowest BCUT2D eigenvalue weighted by molar-refractivity contribution is -0.146. The smallest absolute Gasteiger partial charge is 0.308 e. The molecule has 0 atom stereocenters. The molecule has 0 spiro atoms. The normalized spacial score (nSPS) is 26.1. The molecule has 116 valence electrons. The van der Waals surface area contributed by atoms with E-state index in [0.717, 1.165) is 50.0 Å². The summed E-state index contributed by atoms with van der Waals surface area (Å²) in [5.74, 6) is 0.652. The molecule has 2 rings (SSSR count). The zero-order valence-corrected chi connectivity index (χ0v) is 13.0. The number of carbonyl (C=O) groups excluding carboxylic acids is 1. The second-order valence-electron chi connectivity index (χ2n) is 6.08. The fourth-order valence-corrected chi connectivity index (χ4v) is 2.97. The topological polar surface area (TPSA) is 64.3 Å². The van der Waals surface area contributed by atoms with Crippen LogP contribution in [0, 0.1) is 11.8 Å². The van der Waals surface area contributed by atoms with Crippen molar-refractivity contribution in [3.8, 4) is 0 Å². The van der Waals surface area contributed by atoms with E-state index in [9.17, 15) is 4.79 Å². The van der Waals surface area contributed by atoms with E-state index >= 15 is 0 Å². The Kier molecular flexibility index (Phi) is 5.48. The molecule has 0 aromatic heterocycles. The Balaban J connectivity index is 1.79. The Labute approximate surface area is 127 Å². The molecule has 0 aromatic carbocycles. The molecule has 4 heteroatoms. The highest BCUT2D eigenvalue weighted by atomic mass is 16.5. The van der Waals surface area contributed by atoms with Gasteiger partial charge in [-0.2, -0.15) is 0 Å². The number of esters is 1. The molecule has 3 N–H and O–H groups in total. The molecule has 0 bridgehead atoms. The summed E-state index contributed by atoms with van der Waals surface area (Å²) in [5, 5.41) is 3.48. The summed E-state index contributed by atoms with van der Waals surface area (Å²) in [4.78, 5) is 11.5. The molecule has 0 saturated heterocycles. The van der Waals surface area contributed by atoms with Gasteiger partial charge in [-0.15, -0.1) is 0 Å². The molecule has 0 amide bonds. The van der Waals surface area contributed by atoms with Crippen LogP contribution in [0.3, 0.4) is 0 Å². The van der Waals surface area contributed by atoms with E-state index < -0.39 is 0 Å². The SMILES string of the molecule is COC(=O)C1CCC(CNC2=CCC(C)=CC=C2N)CC1. The van der Waals surface area contributed by atoms with Gasteiger partial charge in [-0.25, -0.2) is 0 Å². The van der Waals surface area contributed by atoms with E-state index in [1.165, 1.54) is 12.7 Å². The monoisotopic (exact) mass is 290 g/mol. The van der Waals surface area contributed by atoms with Crippen LogP contribution in [0.2, 0.25) is 0 Å². The van der Waals surface area contributed by atoms with Crippen molar-refractivity contribution in [2.75, 3.05) is 13.7 Å².